The molecule has 24 heavy (non-hydrogen) atoms. The summed E-state index contributed by atoms with van der Waals surface area (Å²) in [4.78, 5) is 30.6. The van der Waals surface area contributed by atoms with Gasteiger partial charge in [0.1, 0.15) is 11.8 Å². The van der Waals surface area contributed by atoms with E-state index >= 15 is 0 Å². The van der Waals surface area contributed by atoms with Crippen LogP contribution < -0.4 is 10.1 Å². The fraction of sp³-hybridized carbons (Fsp3) is 0.312. The second-order valence-corrected chi connectivity index (χ2v) is 5.86. The molecule has 2 heterocycles. The molecule has 1 aliphatic heterocycles. The van der Waals surface area contributed by atoms with Gasteiger partial charge in [-0.2, -0.15) is 0 Å². The van der Waals surface area contributed by atoms with Crippen molar-refractivity contribution in [3.05, 3.63) is 47.0 Å². The van der Waals surface area contributed by atoms with Crippen molar-refractivity contribution >= 4 is 23.4 Å². The molecule has 1 N–H and O–H groups in total. The number of rotatable bonds is 3. The third-order valence-electron chi connectivity index (χ3n) is 4.06. The predicted molar refractivity (Wildman–Crippen MR) is 88.1 cm³/mol. The fourth-order valence-electron chi connectivity index (χ4n) is 2.80. The zero-order valence-electron chi connectivity index (χ0n) is 13.3. The first-order valence-corrected chi connectivity index (χ1v) is 7.78. The maximum atomic E-state index is 12.8. The highest BCUT2D eigenvalue weighted by Crippen LogP contribution is 2.27. The number of aromatic nitrogens is 2. The number of halogens is 1. The van der Waals surface area contributed by atoms with Gasteiger partial charge in [0.05, 0.1) is 37.2 Å². The number of likely N-dealkylation sites (N-methyl/N-ethyl adjacent to an activating group) is 1. The Labute approximate surface area is 144 Å². The average molecular weight is 349 g/mol. The molecule has 0 aliphatic carbocycles. The molecule has 2 amide bonds. The van der Waals surface area contributed by atoms with E-state index < -0.39 is 6.04 Å². The minimum absolute atomic E-state index is 0.167. The van der Waals surface area contributed by atoms with Crippen molar-refractivity contribution in [2.75, 3.05) is 20.7 Å². The van der Waals surface area contributed by atoms with Gasteiger partial charge >= 0.3 is 0 Å². The van der Waals surface area contributed by atoms with Crippen LogP contribution in [0.5, 0.6) is 5.75 Å². The molecule has 0 unspecified atom stereocenters. The molecule has 1 aromatic carbocycles. The molecular formula is C16H17ClN4O3. The number of hydrogen-bond acceptors (Lipinski definition) is 4. The van der Waals surface area contributed by atoms with Gasteiger partial charge in [0.2, 0.25) is 5.91 Å². The Kier molecular flexibility index (Phi) is 4.44. The quantitative estimate of drug-likeness (QED) is 0.911. The Balaban J connectivity index is 1.88. The van der Waals surface area contributed by atoms with Crippen molar-refractivity contribution in [3.63, 3.8) is 0 Å². The van der Waals surface area contributed by atoms with Crippen molar-refractivity contribution in [2.24, 2.45) is 0 Å². The molecule has 1 aliphatic rings. The average Bonchev–Trinajstić information content (AvgIpc) is 3.08. The maximum absolute atomic E-state index is 12.8. The van der Waals surface area contributed by atoms with E-state index in [0.29, 0.717) is 22.9 Å². The normalized spacial score (nSPS) is 16.5. The number of imidazole rings is 1. The largest absolute Gasteiger partial charge is 0.495 e. The second kappa shape index (κ2) is 6.52. The summed E-state index contributed by atoms with van der Waals surface area (Å²) in [6.45, 7) is 0.654. The van der Waals surface area contributed by atoms with Crippen LogP contribution in [0.15, 0.2) is 30.7 Å². The molecule has 126 valence electrons. The number of amides is 2. The highest BCUT2D eigenvalue weighted by Gasteiger charge is 2.32. The van der Waals surface area contributed by atoms with Crippen LogP contribution in [0, 0.1) is 0 Å². The van der Waals surface area contributed by atoms with E-state index in [4.69, 9.17) is 16.3 Å². The number of benzene rings is 1. The Morgan fingerprint density at radius 3 is 2.88 bits per heavy atom. The lowest BCUT2D eigenvalue weighted by Crippen LogP contribution is -2.45. The molecule has 3 rings (SSSR count). The van der Waals surface area contributed by atoms with E-state index in [2.05, 4.69) is 10.3 Å². The Bertz CT molecular complexity index is 789. The summed E-state index contributed by atoms with van der Waals surface area (Å²) in [7, 11) is 3.09. The first-order valence-electron chi connectivity index (χ1n) is 7.40. The Hall–Kier alpha value is -2.54. The molecular weight excluding hydrogens is 332 g/mol. The summed E-state index contributed by atoms with van der Waals surface area (Å²) in [5.74, 6) is 0.147. The van der Waals surface area contributed by atoms with Gasteiger partial charge in [-0.3, -0.25) is 9.59 Å². The van der Waals surface area contributed by atoms with Crippen LogP contribution in [0.1, 0.15) is 22.1 Å². The number of hydrogen-bond donors (Lipinski definition) is 1. The van der Waals surface area contributed by atoms with Crippen LogP contribution in [-0.4, -0.2) is 47.0 Å². The van der Waals surface area contributed by atoms with E-state index in [0.717, 1.165) is 5.69 Å². The number of nitrogens with one attached hydrogen (secondary N) is 1. The molecule has 1 aromatic heterocycles. The van der Waals surface area contributed by atoms with Gasteiger partial charge in [-0.05, 0) is 18.2 Å². The third-order valence-corrected chi connectivity index (χ3v) is 4.36. The zero-order chi connectivity index (χ0) is 17.3. The van der Waals surface area contributed by atoms with Crippen LogP contribution in [-0.2, 0) is 11.3 Å². The summed E-state index contributed by atoms with van der Waals surface area (Å²) in [5.41, 5.74) is 1.26. The minimum Gasteiger partial charge on any atom is -0.495 e. The second-order valence-electron chi connectivity index (χ2n) is 5.46. The fourth-order valence-corrected chi connectivity index (χ4v) is 3.06. The van der Waals surface area contributed by atoms with Gasteiger partial charge in [-0.1, -0.05) is 11.6 Å². The molecule has 0 bridgehead atoms. The van der Waals surface area contributed by atoms with Gasteiger partial charge < -0.3 is 19.5 Å². The van der Waals surface area contributed by atoms with Crippen molar-refractivity contribution in [2.45, 2.75) is 12.6 Å². The lowest BCUT2D eigenvalue weighted by molar-refractivity contribution is -0.124. The molecule has 0 saturated carbocycles. The SMILES string of the molecule is CNC(=O)[C@@H]1CN(C(=O)c2ccc(OC)c(Cl)c2)Cc2cncn21. The highest BCUT2D eigenvalue weighted by molar-refractivity contribution is 6.32. The topological polar surface area (TPSA) is 76.5 Å². The van der Waals surface area contributed by atoms with Crippen LogP contribution in [0.25, 0.3) is 0 Å². The summed E-state index contributed by atoms with van der Waals surface area (Å²) in [5, 5.41) is 2.99. The van der Waals surface area contributed by atoms with Crippen LogP contribution in [0.2, 0.25) is 5.02 Å². The smallest absolute Gasteiger partial charge is 0.254 e. The monoisotopic (exact) mass is 348 g/mol. The van der Waals surface area contributed by atoms with Crippen LogP contribution >= 0.6 is 11.6 Å². The summed E-state index contributed by atoms with van der Waals surface area (Å²) < 4.78 is 6.90. The standard InChI is InChI=1S/C16H17ClN4O3/c1-18-15(22)13-8-20(7-11-6-19-9-21(11)13)16(23)10-3-4-14(24-2)12(17)5-10/h3-6,9,13H,7-8H2,1-2H3,(H,18,22)/t13-/m0/s1. The van der Waals surface area contributed by atoms with E-state index in [9.17, 15) is 9.59 Å². The van der Waals surface area contributed by atoms with Crippen molar-refractivity contribution < 1.29 is 14.3 Å². The van der Waals surface area contributed by atoms with Crippen LogP contribution in [0.4, 0.5) is 0 Å². The van der Waals surface area contributed by atoms with Gasteiger partial charge in [-0.15, -0.1) is 0 Å². The molecule has 0 spiro atoms. The van der Waals surface area contributed by atoms with Crippen molar-refractivity contribution in [1.29, 1.82) is 0 Å². The number of carbonyl (C=O) groups is 2. The molecule has 1 atom stereocenters. The van der Waals surface area contributed by atoms with E-state index in [1.165, 1.54) is 7.11 Å². The first kappa shape index (κ1) is 16.3. The van der Waals surface area contributed by atoms with Gasteiger partial charge in [0.25, 0.3) is 5.91 Å². The van der Waals surface area contributed by atoms with Gasteiger partial charge in [0, 0.05) is 18.8 Å². The molecule has 0 radical (unpaired) electrons. The van der Waals surface area contributed by atoms with Gasteiger partial charge in [0.15, 0.2) is 0 Å². The molecule has 7 nitrogen and oxygen atoms in total. The molecule has 0 fully saturated rings. The molecule has 8 heteroatoms. The highest BCUT2D eigenvalue weighted by atomic mass is 35.5. The number of nitrogens with zero attached hydrogens (tertiary/aromatic N) is 3. The maximum Gasteiger partial charge on any atom is 0.254 e. The summed E-state index contributed by atoms with van der Waals surface area (Å²) in [6.07, 6.45) is 3.28. The lowest BCUT2D eigenvalue weighted by atomic mass is 10.1. The summed E-state index contributed by atoms with van der Waals surface area (Å²) in [6, 6.07) is 4.39. The number of carbonyl (C=O) groups excluding carboxylic acids is 2. The van der Waals surface area contributed by atoms with Crippen LogP contribution in [0.3, 0.4) is 0 Å². The molecule has 0 saturated heterocycles. The lowest BCUT2D eigenvalue weighted by Gasteiger charge is -2.33. The van der Waals surface area contributed by atoms with E-state index in [1.54, 1.807) is 47.2 Å². The number of fused-ring (bicyclic) bond motifs is 1. The predicted octanol–water partition coefficient (Wildman–Crippen LogP) is 1.49. The van der Waals surface area contributed by atoms with E-state index in [1.807, 2.05) is 0 Å². The first-order chi connectivity index (χ1) is 11.5. The Morgan fingerprint density at radius 1 is 1.42 bits per heavy atom. The number of methoxy groups -OCH3 is 1. The Morgan fingerprint density at radius 2 is 2.21 bits per heavy atom. The zero-order valence-corrected chi connectivity index (χ0v) is 14.1. The van der Waals surface area contributed by atoms with Crippen molar-refractivity contribution in [3.8, 4) is 5.75 Å². The number of ether oxygens (including phenoxy) is 1. The van der Waals surface area contributed by atoms with Gasteiger partial charge in [-0.25, -0.2) is 4.98 Å². The van der Waals surface area contributed by atoms with Crippen molar-refractivity contribution in [1.82, 2.24) is 19.8 Å². The minimum atomic E-state index is -0.501. The third kappa shape index (κ3) is 2.82. The molecule has 2 aromatic rings. The van der Waals surface area contributed by atoms with E-state index in [-0.39, 0.29) is 18.4 Å². The summed E-state index contributed by atoms with van der Waals surface area (Å²) >= 11 is 6.10.